The zero-order valence-corrected chi connectivity index (χ0v) is 14.4. The third kappa shape index (κ3) is 3.37. The lowest BCUT2D eigenvalue weighted by Crippen LogP contribution is -2.50. The number of fused-ring (bicyclic) bond motifs is 2. The van der Waals surface area contributed by atoms with Gasteiger partial charge in [0, 0.05) is 17.0 Å². The van der Waals surface area contributed by atoms with Gasteiger partial charge in [-0.05, 0) is 30.3 Å². The number of methoxy groups -OCH3 is 1. The first kappa shape index (κ1) is 16.8. The first-order chi connectivity index (χ1) is 13.1. The van der Waals surface area contributed by atoms with E-state index >= 15 is 0 Å². The molecule has 8 heteroatoms. The molecule has 4 rings (SSSR count). The average Bonchev–Trinajstić information content (AvgIpc) is 3.14. The maximum atomic E-state index is 12.3. The quantitative estimate of drug-likeness (QED) is 0.613. The van der Waals surface area contributed by atoms with Crippen LogP contribution in [-0.2, 0) is 4.79 Å². The Morgan fingerprint density at radius 3 is 2.74 bits per heavy atom. The monoisotopic (exact) mass is 367 g/mol. The van der Waals surface area contributed by atoms with E-state index in [1.807, 2.05) is 12.1 Å². The standard InChI is InChI=1S/C19H17N3O5/c1-25-12-7-6-11-8-14(20-13(11)9-12)18(23)21-22-19(24)17-10-26-15-4-2-3-5-16(15)27-17/h2-9,17,20H,10H2,1H3,(H,21,23)(H,22,24). The molecule has 8 nitrogen and oxygen atoms in total. The number of carbonyl (C=O) groups excluding carboxylic acids is 2. The van der Waals surface area contributed by atoms with Crippen molar-refractivity contribution in [3.8, 4) is 17.2 Å². The van der Waals surface area contributed by atoms with Crippen LogP contribution in [0, 0.1) is 0 Å². The summed E-state index contributed by atoms with van der Waals surface area (Å²) < 4.78 is 16.2. The third-order valence-electron chi connectivity index (χ3n) is 4.17. The molecule has 0 radical (unpaired) electrons. The molecule has 0 fully saturated rings. The topological polar surface area (TPSA) is 102 Å². The van der Waals surface area contributed by atoms with Crippen LogP contribution >= 0.6 is 0 Å². The van der Waals surface area contributed by atoms with E-state index in [0.29, 0.717) is 22.9 Å². The Morgan fingerprint density at radius 1 is 1.11 bits per heavy atom. The number of H-pyrrole nitrogens is 1. The van der Waals surface area contributed by atoms with Gasteiger partial charge in [0.15, 0.2) is 11.5 Å². The zero-order chi connectivity index (χ0) is 18.8. The molecule has 1 aliphatic rings. The second-order valence-electron chi connectivity index (χ2n) is 5.94. The van der Waals surface area contributed by atoms with E-state index in [9.17, 15) is 9.59 Å². The molecule has 0 spiro atoms. The van der Waals surface area contributed by atoms with Crippen LogP contribution in [0.1, 0.15) is 10.5 Å². The van der Waals surface area contributed by atoms with Crippen molar-refractivity contribution >= 4 is 22.7 Å². The van der Waals surface area contributed by atoms with Crippen molar-refractivity contribution < 1.29 is 23.8 Å². The number of nitrogens with one attached hydrogen (secondary N) is 3. The number of hydrogen-bond acceptors (Lipinski definition) is 5. The van der Waals surface area contributed by atoms with Gasteiger partial charge in [-0.2, -0.15) is 0 Å². The van der Waals surface area contributed by atoms with Gasteiger partial charge < -0.3 is 19.2 Å². The van der Waals surface area contributed by atoms with Crippen molar-refractivity contribution in [1.29, 1.82) is 0 Å². The molecule has 0 saturated heterocycles. The van der Waals surface area contributed by atoms with E-state index in [-0.39, 0.29) is 6.61 Å². The first-order valence-electron chi connectivity index (χ1n) is 8.29. The molecular weight excluding hydrogens is 350 g/mol. The molecule has 0 bridgehead atoms. The van der Waals surface area contributed by atoms with Gasteiger partial charge in [0.1, 0.15) is 18.1 Å². The SMILES string of the molecule is COc1ccc2cc(C(=O)NNC(=O)C3COc4ccccc4O3)[nH]c2c1. The lowest BCUT2D eigenvalue weighted by Gasteiger charge is -2.25. The summed E-state index contributed by atoms with van der Waals surface area (Å²) in [7, 11) is 1.57. The molecule has 1 unspecified atom stereocenters. The number of hydrogen-bond donors (Lipinski definition) is 3. The number of aromatic nitrogens is 1. The van der Waals surface area contributed by atoms with Gasteiger partial charge in [-0.15, -0.1) is 0 Å². The highest BCUT2D eigenvalue weighted by Gasteiger charge is 2.27. The molecule has 27 heavy (non-hydrogen) atoms. The number of para-hydroxylation sites is 2. The van der Waals surface area contributed by atoms with Gasteiger partial charge in [0.25, 0.3) is 11.8 Å². The predicted molar refractivity (Wildman–Crippen MR) is 96.8 cm³/mol. The molecule has 1 aliphatic heterocycles. The molecule has 3 N–H and O–H groups in total. The van der Waals surface area contributed by atoms with Gasteiger partial charge in [-0.3, -0.25) is 20.4 Å². The van der Waals surface area contributed by atoms with E-state index in [4.69, 9.17) is 14.2 Å². The molecule has 2 amide bonds. The minimum Gasteiger partial charge on any atom is -0.497 e. The highest BCUT2D eigenvalue weighted by Crippen LogP contribution is 2.30. The Balaban J connectivity index is 1.38. The summed E-state index contributed by atoms with van der Waals surface area (Å²) in [5.41, 5.74) is 5.80. The van der Waals surface area contributed by atoms with E-state index in [2.05, 4.69) is 15.8 Å². The fourth-order valence-corrected chi connectivity index (χ4v) is 2.77. The van der Waals surface area contributed by atoms with E-state index in [1.54, 1.807) is 43.5 Å². The maximum Gasteiger partial charge on any atom is 0.286 e. The van der Waals surface area contributed by atoms with Crippen LogP contribution in [-0.4, -0.2) is 36.6 Å². The minimum absolute atomic E-state index is 0.0604. The molecule has 138 valence electrons. The maximum absolute atomic E-state index is 12.3. The lowest BCUT2D eigenvalue weighted by molar-refractivity contribution is -0.131. The summed E-state index contributed by atoms with van der Waals surface area (Å²) in [6, 6.07) is 14.2. The number of carbonyl (C=O) groups is 2. The second-order valence-corrected chi connectivity index (χ2v) is 5.94. The fraction of sp³-hybridized carbons (Fsp3) is 0.158. The summed E-state index contributed by atoms with van der Waals surface area (Å²) in [4.78, 5) is 27.5. The van der Waals surface area contributed by atoms with Crippen molar-refractivity contribution in [2.24, 2.45) is 0 Å². The molecular formula is C19H17N3O5. The largest absolute Gasteiger partial charge is 0.497 e. The number of amides is 2. The Bertz CT molecular complexity index is 1010. The van der Waals surface area contributed by atoms with Crippen LogP contribution in [0.2, 0.25) is 0 Å². The van der Waals surface area contributed by atoms with Crippen LogP contribution in [0.15, 0.2) is 48.5 Å². The predicted octanol–water partition coefficient (Wildman–Crippen LogP) is 1.78. The third-order valence-corrected chi connectivity index (χ3v) is 4.17. The van der Waals surface area contributed by atoms with Crippen LogP contribution in [0.3, 0.4) is 0 Å². The Kier molecular flexibility index (Phi) is 4.29. The summed E-state index contributed by atoms with van der Waals surface area (Å²) in [6.07, 6.45) is -0.854. The van der Waals surface area contributed by atoms with E-state index in [0.717, 1.165) is 10.9 Å². The number of ether oxygens (including phenoxy) is 3. The molecule has 3 aromatic rings. The minimum atomic E-state index is -0.854. The molecule has 2 heterocycles. The normalized spacial score (nSPS) is 15.2. The Hall–Kier alpha value is -3.68. The number of aromatic amines is 1. The average molecular weight is 367 g/mol. The lowest BCUT2D eigenvalue weighted by atomic mass is 10.2. The van der Waals surface area contributed by atoms with Crippen molar-refractivity contribution in [3.63, 3.8) is 0 Å². The Labute approximate surface area is 154 Å². The fourth-order valence-electron chi connectivity index (χ4n) is 2.77. The number of rotatable bonds is 3. The molecule has 1 aromatic heterocycles. The summed E-state index contributed by atoms with van der Waals surface area (Å²) in [5.74, 6) is 0.768. The highest BCUT2D eigenvalue weighted by atomic mass is 16.6. The van der Waals surface area contributed by atoms with E-state index < -0.39 is 17.9 Å². The Morgan fingerprint density at radius 2 is 1.93 bits per heavy atom. The van der Waals surface area contributed by atoms with Crippen molar-refractivity contribution in [1.82, 2.24) is 15.8 Å². The number of hydrazine groups is 1. The van der Waals surface area contributed by atoms with E-state index in [1.165, 1.54) is 0 Å². The van der Waals surface area contributed by atoms with Gasteiger partial charge in [-0.1, -0.05) is 12.1 Å². The molecule has 2 aromatic carbocycles. The molecule has 0 saturated carbocycles. The molecule has 0 aliphatic carbocycles. The smallest absolute Gasteiger partial charge is 0.286 e. The summed E-state index contributed by atoms with van der Waals surface area (Å²) in [6.45, 7) is 0.0604. The van der Waals surface area contributed by atoms with Crippen LogP contribution in [0.4, 0.5) is 0 Å². The summed E-state index contributed by atoms with van der Waals surface area (Å²) >= 11 is 0. The first-order valence-corrected chi connectivity index (χ1v) is 8.29. The highest BCUT2D eigenvalue weighted by molar-refractivity contribution is 5.99. The van der Waals surface area contributed by atoms with Crippen molar-refractivity contribution in [3.05, 3.63) is 54.2 Å². The van der Waals surface area contributed by atoms with Crippen molar-refractivity contribution in [2.75, 3.05) is 13.7 Å². The second kappa shape index (κ2) is 6.91. The summed E-state index contributed by atoms with van der Waals surface area (Å²) in [5, 5.41) is 0.855. The van der Waals surface area contributed by atoms with Gasteiger partial charge in [-0.25, -0.2) is 0 Å². The number of benzene rings is 2. The molecule has 1 atom stereocenters. The van der Waals surface area contributed by atoms with Crippen LogP contribution in [0.25, 0.3) is 10.9 Å². The van der Waals surface area contributed by atoms with Crippen LogP contribution < -0.4 is 25.1 Å². The zero-order valence-electron chi connectivity index (χ0n) is 14.4. The van der Waals surface area contributed by atoms with Crippen LogP contribution in [0.5, 0.6) is 17.2 Å². The van der Waals surface area contributed by atoms with Crippen molar-refractivity contribution in [2.45, 2.75) is 6.10 Å². The van der Waals surface area contributed by atoms with Gasteiger partial charge >= 0.3 is 0 Å². The van der Waals surface area contributed by atoms with Gasteiger partial charge in [0.2, 0.25) is 6.10 Å². The van der Waals surface area contributed by atoms with Gasteiger partial charge in [0.05, 0.1) is 7.11 Å².